The molecule has 0 aromatic heterocycles. The molecule has 1 heterocycles. The maximum Gasteiger partial charge on any atom is 0.240 e. The molecule has 0 spiro atoms. The van der Waals surface area contributed by atoms with E-state index in [2.05, 4.69) is 21.2 Å². The molecule has 1 aromatic rings. The molecule has 21 heavy (non-hydrogen) atoms. The van der Waals surface area contributed by atoms with Crippen molar-refractivity contribution in [3.05, 3.63) is 29.3 Å². The Morgan fingerprint density at radius 1 is 1.52 bits per heavy atom. The molecule has 2 rings (SSSR count). The Morgan fingerprint density at radius 3 is 2.90 bits per heavy atom. The van der Waals surface area contributed by atoms with Crippen molar-refractivity contribution in [1.82, 2.24) is 10.7 Å². The van der Waals surface area contributed by atoms with Crippen LogP contribution in [0.25, 0.3) is 0 Å². The number of rotatable bonds is 3. The minimum atomic E-state index is -0.0413. The van der Waals surface area contributed by atoms with Gasteiger partial charge < -0.3 is 10.6 Å². The Kier molecular flexibility index (Phi) is 4.57. The predicted molar refractivity (Wildman–Crippen MR) is 84.7 cm³/mol. The number of guanidine groups is 1. The highest BCUT2D eigenvalue weighted by Gasteiger charge is 2.21. The molecular weight excluding hydrogens is 266 g/mol. The molecule has 4 N–H and O–H groups in total. The van der Waals surface area contributed by atoms with Gasteiger partial charge in [-0.1, -0.05) is 13.0 Å². The van der Waals surface area contributed by atoms with Crippen LogP contribution in [0, 0.1) is 18.3 Å². The average Bonchev–Trinajstić information content (AvgIpc) is 2.41. The first kappa shape index (κ1) is 15.0. The Labute approximate surface area is 124 Å². The first-order valence-electron chi connectivity index (χ1n) is 7.08. The van der Waals surface area contributed by atoms with Crippen LogP contribution in [0.3, 0.4) is 0 Å². The average molecular weight is 287 g/mol. The molecule has 112 valence electrons. The summed E-state index contributed by atoms with van der Waals surface area (Å²) in [6.07, 6.45) is 0.461. The maximum atomic E-state index is 11.3. The molecule has 1 aliphatic rings. The molecule has 1 unspecified atom stereocenters. The van der Waals surface area contributed by atoms with Crippen molar-refractivity contribution in [1.29, 1.82) is 5.41 Å². The Bertz CT molecular complexity index is 594. The topological polar surface area (TPSA) is 89.4 Å². The largest absolute Gasteiger partial charge is 0.357 e. The van der Waals surface area contributed by atoms with Crippen LogP contribution in [0.15, 0.2) is 23.3 Å². The van der Waals surface area contributed by atoms with Gasteiger partial charge in [0.1, 0.15) is 0 Å². The molecule has 1 amide bonds. The van der Waals surface area contributed by atoms with Crippen molar-refractivity contribution in [2.45, 2.75) is 27.2 Å². The van der Waals surface area contributed by atoms with Crippen molar-refractivity contribution >= 4 is 23.3 Å². The van der Waals surface area contributed by atoms with Gasteiger partial charge in [0.15, 0.2) is 5.96 Å². The van der Waals surface area contributed by atoms with Crippen LogP contribution < -0.4 is 16.1 Å². The van der Waals surface area contributed by atoms with Gasteiger partial charge in [0.25, 0.3) is 0 Å². The standard InChI is InChI=1S/C15H21N5O/c1-4-17-15(16)18-12-6-5-11(7-9(12)2)14-10(3)8-13(21)19-20-14/h5-7,10H,4,8H2,1-3H3,(H,19,21)(H3,16,17,18). The van der Waals surface area contributed by atoms with Gasteiger partial charge in [-0.3, -0.25) is 10.2 Å². The summed E-state index contributed by atoms with van der Waals surface area (Å²) in [6.45, 7) is 6.64. The number of carbonyl (C=O) groups is 1. The minimum absolute atomic E-state index is 0.0413. The van der Waals surface area contributed by atoms with E-state index in [0.29, 0.717) is 13.0 Å². The molecular formula is C15H21N5O. The molecule has 0 fully saturated rings. The summed E-state index contributed by atoms with van der Waals surface area (Å²) in [4.78, 5) is 11.3. The van der Waals surface area contributed by atoms with Gasteiger partial charge in [-0.15, -0.1) is 0 Å². The number of hydrogen-bond donors (Lipinski definition) is 4. The van der Waals surface area contributed by atoms with Crippen LogP contribution in [0.1, 0.15) is 31.4 Å². The lowest BCUT2D eigenvalue weighted by Gasteiger charge is -2.20. The summed E-state index contributed by atoms with van der Waals surface area (Å²) in [5, 5.41) is 17.8. The first-order chi connectivity index (χ1) is 10.0. The van der Waals surface area contributed by atoms with Gasteiger partial charge in [0, 0.05) is 24.6 Å². The van der Waals surface area contributed by atoms with Crippen LogP contribution in [0.5, 0.6) is 0 Å². The third kappa shape index (κ3) is 3.59. The highest BCUT2D eigenvalue weighted by molar-refractivity contribution is 6.06. The van der Waals surface area contributed by atoms with Gasteiger partial charge in [0.05, 0.1) is 5.71 Å². The fraction of sp³-hybridized carbons (Fsp3) is 0.400. The van der Waals surface area contributed by atoms with Crippen LogP contribution in [-0.4, -0.2) is 24.1 Å². The zero-order chi connectivity index (χ0) is 15.4. The summed E-state index contributed by atoms with van der Waals surface area (Å²) >= 11 is 0. The van der Waals surface area contributed by atoms with Gasteiger partial charge >= 0.3 is 0 Å². The SMILES string of the molecule is CCNC(=N)Nc1ccc(C2=NNC(=O)CC2C)cc1C. The second-order valence-corrected chi connectivity index (χ2v) is 5.20. The van der Waals surface area contributed by atoms with Crippen LogP contribution >= 0.6 is 0 Å². The van der Waals surface area contributed by atoms with Gasteiger partial charge in [-0.25, -0.2) is 5.43 Å². The van der Waals surface area contributed by atoms with E-state index >= 15 is 0 Å². The smallest absolute Gasteiger partial charge is 0.240 e. The first-order valence-corrected chi connectivity index (χ1v) is 7.08. The lowest BCUT2D eigenvalue weighted by molar-refractivity contribution is -0.121. The molecule has 0 bridgehead atoms. The number of amides is 1. The number of anilines is 1. The molecule has 0 saturated heterocycles. The highest BCUT2D eigenvalue weighted by Crippen LogP contribution is 2.21. The Hall–Kier alpha value is -2.37. The second-order valence-electron chi connectivity index (χ2n) is 5.20. The van der Waals surface area contributed by atoms with E-state index in [4.69, 9.17) is 5.41 Å². The second kappa shape index (κ2) is 6.39. The number of carbonyl (C=O) groups excluding carboxylic acids is 1. The van der Waals surface area contributed by atoms with Crippen molar-refractivity contribution in [2.75, 3.05) is 11.9 Å². The number of nitrogens with one attached hydrogen (secondary N) is 4. The monoisotopic (exact) mass is 287 g/mol. The minimum Gasteiger partial charge on any atom is -0.357 e. The summed E-state index contributed by atoms with van der Waals surface area (Å²) in [7, 11) is 0. The van der Waals surface area contributed by atoms with Crippen molar-refractivity contribution in [3.8, 4) is 0 Å². The molecule has 1 aromatic carbocycles. The molecule has 6 heteroatoms. The zero-order valence-corrected chi connectivity index (χ0v) is 12.6. The lowest BCUT2D eigenvalue weighted by atomic mass is 9.93. The quantitative estimate of drug-likeness (QED) is 0.505. The molecule has 1 aliphatic heterocycles. The van der Waals surface area contributed by atoms with E-state index < -0.39 is 0 Å². The fourth-order valence-electron chi connectivity index (χ4n) is 2.32. The van der Waals surface area contributed by atoms with E-state index in [1.54, 1.807) is 0 Å². The fourth-order valence-corrected chi connectivity index (χ4v) is 2.32. The number of aryl methyl sites for hydroxylation is 1. The van der Waals surface area contributed by atoms with Gasteiger partial charge in [0.2, 0.25) is 5.91 Å². The molecule has 0 radical (unpaired) electrons. The van der Waals surface area contributed by atoms with Crippen molar-refractivity contribution in [2.24, 2.45) is 11.0 Å². The van der Waals surface area contributed by atoms with Crippen LogP contribution in [-0.2, 0) is 4.79 Å². The van der Waals surface area contributed by atoms with E-state index in [0.717, 1.165) is 22.5 Å². The highest BCUT2D eigenvalue weighted by atomic mass is 16.2. The van der Waals surface area contributed by atoms with Crippen LogP contribution in [0.2, 0.25) is 0 Å². The summed E-state index contributed by atoms with van der Waals surface area (Å²) in [6, 6.07) is 5.91. The number of hydrazone groups is 1. The molecule has 0 saturated carbocycles. The van der Waals surface area contributed by atoms with E-state index in [1.807, 2.05) is 39.0 Å². The number of hydrogen-bond acceptors (Lipinski definition) is 3. The molecule has 0 aliphatic carbocycles. The van der Waals surface area contributed by atoms with Crippen LogP contribution in [0.4, 0.5) is 5.69 Å². The molecule has 1 atom stereocenters. The molecule has 6 nitrogen and oxygen atoms in total. The summed E-state index contributed by atoms with van der Waals surface area (Å²) < 4.78 is 0. The van der Waals surface area contributed by atoms with Crippen molar-refractivity contribution in [3.63, 3.8) is 0 Å². The zero-order valence-electron chi connectivity index (χ0n) is 12.6. The Balaban J connectivity index is 2.19. The third-order valence-corrected chi connectivity index (χ3v) is 3.39. The summed E-state index contributed by atoms with van der Waals surface area (Å²) in [5.74, 6) is 0.348. The van der Waals surface area contributed by atoms with Gasteiger partial charge in [-0.05, 0) is 37.1 Å². The van der Waals surface area contributed by atoms with Crippen molar-refractivity contribution < 1.29 is 4.79 Å². The lowest BCUT2D eigenvalue weighted by Crippen LogP contribution is -2.32. The maximum absolute atomic E-state index is 11.3. The third-order valence-electron chi connectivity index (χ3n) is 3.39. The number of nitrogens with zero attached hydrogens (tertiary/aromatic N) is 1. The normalized spacial score (nSPS) is 17.8. The van der Waals surface area contributed by atoms with E-state index in [9.17, 15) is 4.79 Å². The van der Waals surface area contributed by atoms with Gasteiger partial charge in [-0.2, -0.15) is 5.10 Å². The summed E-state index contributed by atoms with van der Waals surface area (Å²) in [5.41, 5.74) is 6.34. The van der Waals surface area contributed by atoms with E-state index in [-0.39, 0.29) is 17.8 Å². The Morgan fingerprint density at radius 2 is 2.29 bits per heavy atom. The predicted octanol–water partition coefficient (Wildman–Crippen LogP) is 1.81. The number of benzene rings is 1. The van der Waals surface area contributed by atoms with E-state index in [1.165, 1.54) is 0 Å².